The van der Waals surface area contributed by atoms with E-state index in [1.54, 1.807) is 12.6 Å². The largest absolute Gasteiger partial charge is 0.446 e. The highest BCUT2D eigenvalue weighted by atomic mass is 16.3. The molecule has 1 saturated heterocycles. The highest BCUT2D eigenvalue weighted by molar-refractivity contribution is 5.85. The van der Waals surface area contributed by atoms with Gasteiger partial charge in [-0.05, 0) is 6.07 Å². The first kappa shape index (κ1) is 8.67. The fourth-order valence-electron chi connectivity index (χ4n) is 1.91. The molecule has 1 aliphatic rings. The van der Waals surface area contributed by atoms with Crippen molar-refractivity contribution in [3.63, 3.8) is 0 Å². The highest BCUT2D eigenvalue weighted by Crippen LogP contribution is 2.23. The van der Waals surface area contributed by atoms with Crippen molar-refractivity contribution < 1.29 is 4.42 Å². The van der Waals surface area contributed by atoms with E-state index in [9.17, 15) is 0 Å². The van der Waals surface area contributed by atoms with Gasteiger partial charge in [0.05, 0.1) is 11.6 Å². The fraction of sp³-hybridized carbons (Fsp3) is 0.400. The Morgan fingerprint density at radius 3 is 3.00 bits per heavy atom. The molecule has 3 rings (SSSR count). The van der Waals surface area contributed by atoms with Crippen molar-refractivity contribution in [2.45, 2.75) is 0 Å². The van der Waals surface area contributed by atoms with E-state index in [1.807, 2.05) is 6.07 Å². The van der Waals surface area contributed by atoms with Crippen molar-refractivity contribution in [1.29, 1.82) is 0 Å². The smallest absolute Gasteiger partial charge is 0.231 e. The normalized spacial score (nSPS) is 17.2. The Bertz CT molecular complexity index is 461. The summed E-state index contributed by atoms with van der Waals surface area (Å²) in [4.78, 5) is 10.7. The molecule has 0 bridgehead atoms. The molecule has 0 aliphatic carbocycles. The van der Waals surface area contributed by atoms with Crippen LogP contribution in [0.4, 0.5) is 5.82 Å². The number of fused-ring (bicyclic) bond motifs is 1. The van der Waals surface area contributed by atoms with Crippen molar-refractivity contribution >= 4 is 16.9 Å². The fourth-order valence-corrected chi connectivity index (χ4v) is 1.91. The van der Waals surface area contributed by atoms with Crippen LogP contribution in [0, 0.1) is 0 Å². The van der Waals surface area contributed by atoms with Gasteiger partial charge in [0.15, 0.2) is 0 Å². The number of hydrogen-bond donors (Lipinski definition) is 1. The minimum absolute atomic E-state index is 0.665. The molecule has 1 fully saturated rings. The maximum atomic E-state index is 5.26. The van der Waals surface area contributed by atoms with Crippen molar-refractivity contribution in [1.82, 2.24) is 15.3 Å². The molecule has 0 radical (unpaired) electrons. The summed E-state index contributed by atoms with van der Waals surface area (Å²) in [6, 6.07) is 1.92. The molecule has 78 valence electrons. The first-order valence-electron chi connectivity index (χ1n) is 5.09. The Hall–Kier alpha value is -1.62. The van der Waals surface area contributed by atoms with Gasteiger partial charge in [0.2, 0.25) is 5.71 Å². The van der Waals surface area contributed by atoms with E-state index in [4.69, 9.17) is 4.42 Å². The van der Waals surface area contributed by atoms with E-state index in [1.165, 1.54) is 0 Å². The van der Waals surface area contributed by atoms with Crippen molar-refractivity contribution in [2.24, 2.45) is 0 Å². The van der Waals surface area contributed by atoms with E-state index >= 15 is 0 Å². The monoisotopic (exact) mass is 204 g/mol. The SMILES string of the molecule is c1nc(N2CCNCC2)c2ccoc2n1. The second-order valence-corrected chi connectivity index (χ2v) is 3.57. The van der Waals surface area contributed by atoms with E-state index in [0.29, 0.717) is 5.71 Å². The van der Waals surface area contributed by atoms with Crippen LogP contribution in [-0.2, 0) is 0 Å². The van der Waals surface area contributed by atoms with Gasteiger partial charge in [-0.15, -0.1) is 0 Å². The Balaban J connectivity index is 2.05. The number of aromatic nitrogens is 2. The Morgan fingerprint density at radius 2 is 2.13 bits per heavy atom. The molecule has 3 heterocycles. The second-order valence-electron chi connectivity index (χ2n) is 3.57. The molecule has 0 saturated carbocycles. The molecule has 1 N–H and O–H groups in total. The lowest BCUT2D eigenvalue weighted by molar-refractivity contribution is 0.583. The van der Waals surface area contributed by atoms with Crippen LogP contribution in [0.5, 0.6) is 0 Å². The number of hydrogen-bond acceptors (Lipinski definition) is 5. The summed E-state index contributed by atoms with van der Waals surface area (Å²) in [6.45, 7) is 3.97. The molecule has 5 nitrogen and oxygen atoms in total. The van der Waals surface area contributed by atoms with Gasteiger partial charge in [0.1, 0.15) is 12.1 Å². The average Bonchev–Trinajstić information content (AvgIpc) is 2.78. The molecule has 1 aliphatic heterocycles. The van der Waals surface area contributed by atoms with E-state index in [2.05, 4.69) is 20.2 Å². The molecule has 15 heavy (non-hydrogen) atoms. The van der Waals surface area contributed by atoms with Crippen LogP contribution in [0.15, 0.2) is 23.1 Å². The summed E-state index contributed by atoms with van der Waals surface area (Å²) in [6.07, 6.45) is 3.22. The van der Waals surface area contributed by atoms with Gasteiger partial charge in [-0.1, -0.05) is 0 Å². The molecule has 0 atom stereocenters. The predicted octanol–water partition coefficient (Wildman–Crippen LogP) is 0.632. The quantitative estimate of drug-likeness (QED) is 0.738. The van der Waals surface area contributed by atoms with E-state index in [0.717, 1.165) is 37.4 Å². The maximum absolute atomic E-state index is 5.26. The number of nitrogens with one attached hydrogen (secondary N) is 1. The van der Waals surface area contributed by atoms with Crippen LogP contribution < -0.4 is 10.2 Å². The number of anilines is 1. The van der Waals surface area contributed by atoms with Gasteiger partial charge >= 0.3 is 0 Å². The number of piperazine rings is 1. The number of rotatable bonds is 1. The van der Waals surface area contributed by atoms with Gasteiger partial charge in [0.25, 0.3) is 0 Å². The molecule has 0 aromatic carbocycles. The molecule has 0 spiro atoms. The Morgan fingerprint density at radius 1 is 1.27 bits per heavy atom. The first-order chi connectivity index (χ1) is 7.45. The third kappa shape index (κ3) is 1.45. The van der Waals surface area contributed by atoms with Gasteiger partial charge in [0, 0.05) is 26.2 Å². The summed E-state index contributed by atoms with van der Waals surface area (Å²) in [7, 11) is 0. The minimum atomic E-state index is 0.665. The van der Waals surface area contributed by atoms with Crippen LogP contribution >= 0.6 is 0 Å². The van der Waals surface area contributed by atoms with E-state index in [-0.39, 0.29) is 0 Å². The lowest BCUT2D eigenvalue weighted by atomic mass is 10.3. The zero-order valence-electron chi connectivity index (χ0n) is 8.31. The van der Waals surface area contributed by atoms with E-state index < -0.39 is 0 Å². The van der Waals surface area contributed by atoms with Gasteiger partial charge in [-0.25, -0.2) is 9.97 Å². The van der Waals surface area contributed by atoms with Gasteiger partial charge < -0.3 is 14.6 Å². The van der Waals surface area contributed by atoms with Crippen LogP contribution in [0.25, 0.3) is 11.1 Å². The summed E-state index contributed by atoms with van der Waals surface area (Å²) >= 11 is 0. The average molecular weight is 204 g/mol. The standard InChI is InChI=1S/C10H12N4O/c1-6-15-10-8(1)9(12-7-13-10)14-4-2-11-3-5-14/h1,6-7,11H,2-5H2. The summed E-state index contributed by atoms with van der Waals surface area (Å²) in [5.41, 5.74) is 0.665. The molecular weight excluding hydrogens is 192 g/mol. The molecular formula is C10H12N4O. The summed E-state index contributed by atoms with van der Waals surface area (Å²) in [5.74, 6) is 0.982. The molecule has 2 aromatic rings. The topological polar surface area (TPSA) is 54.2 Å². The first-order valence-corrected chi connectivity index (χ1v) is 5.09. The molecule has 5 heteroatoms. The highest BCUT2D eigenvalue weighted by Gasteiger charge is 2.15. The maximum Gasteiger partial charge on any atom is 0.231 e. The van der Waals surface area contributed by atoms with Crippen LogP contribution in [0.1, 0.15) is 0 Å². The summed E-state index contributed by atoms with van der Waals surface area (Å²) < 4.78 is 5.26. The summed E-state index contributed by atoms with van der Waals surface area (Å²) in [5, 5.41) is 4.32. The molecule has 0 unspecified atom stereocenters. The van der Waals surface area contributed by atoms with Crippen LogP contribution in [-0.4, -0.2) is 36.1 Å². The van der Waals surface area contributed by atoms with Crippen LogP contribution in [0.3, 0.4) is 0 Å². The van der Waals surface area contributed by atoms with Crippen molar-refractivity contribution in [3.8, 4) is 0 Å². The predicted molar refractivity (Wildman–Crippen MR) is 56.9 cm³/mol. The number of furan rings is 1. The molecule has 0 amide bonds. The molecule has 2 aromatic heterocycles. The Labute approximate surface area is 87.1 Å². The lowest BCUT2D eigenvalue weighted by Crippen LogP contribution is -2.43. The van der Waals surface area contributed by atoms with Crippen molar-refractivity contribution in [2.75, 3.05) is 31.1 Å². The number of nitrogens with zero attached hydrogens (tertiary/aromatic N) is 3. The third-order valence-electron chi connectivity index (χ3n) is 2.66. The van der Waals surface area contributed by atoms with Crippen LogP contribution in [0.2, 0.25) is 0 Å². The zero-order valence-corrected chi connectivity index (χ0v) is 8.31. The van der Waals surface area contributed by atoms with Crippen molar-refractivity contribution in [3.05, 3.63) is 18.7 Å². The third-order valence-corrected chi connectivity index (χ3v) is 2.66. The second kappa shape index (κ2) is 3.51. The minimum Gasteiger partial charge on any atom is -0.446 e. The van der Waals surface area contributed by atoms with Gasteiger partial charge in [-0.3, -0.25) is 0 Å². The lowest BCUT2D eigenvalue weighted by Gasteiger charge is -2.28. The Kier molecular flexibility index (Phi) is 2.03. The van der Waals surface area contributed by atoms with Gasteiger partial charge in [-0.2, -0.15) is 0 Å². The zero-order chi connectivity index (χ0) is 10.1.